The molecule has 0 spiro atoms. The SMILES string of the molecule is CC#C[C@]1(O)CCC2C3CCC4=CC(=O)CCC4=C3[C@@H](c3ccc(N(C)C)cc3)C[C@@]21CC. The van der Waals surface area contributed by atoms with Crippen LogP contribution in [0, 0.1) is 29.1 Å². The molecule has 0 aliphatic heterocycles. The van der Waals surface area contributed by atoms with Crippen LogP contribution in [0.25, 0.3) is 0 Å². The van der Waals surface area contributed by atoms with E-state index in [9.17, 15) is 9.90 Å². The molecule has 2 saturated carbocycles. The normalized spacial score (nSPS) is 35.1. The van der Waals surface area contributed by atoms with Gasteiger partial charge in [0.05, 0.1) is 0 Å². The van der Waals surface area contributed by atoms with Crippen LogP contribution in [-0.4, -0.2) is 30.6 Å². The third-order valence-electron chi connectivity index (χ3n) is 9.37. The molecule has 2 unspecified atom stereocenters. The van der Waals surface area contributed by atoms with Crippen LogP contribution in [0.5, 0.6) is 0 Å². The molecule has 5 atom stereocenters. The number of allylic oxidation sites excluding steroid dienone is 4. The van der Waals surface area contributed by atoms with Crippen molar-refractivity contribution in [1.29, 1.82) is 0 Å². The van der Waals surface area contributed by atoms with Gasteiger partial charge in [0, 0.05) is 37.5 Å². The Morgan fingerprint density at radius 2 is 1.88 bits per heavy atom. The van der Waals surface area contributed by atoms with Crippen molar-refractivity contribution in [1.82, 2.24) is 0 Å². The van der Waals surface area contributed by atoms with E-state index in [0.717, 1.165) is 44.9 Å². The fourth-order valence-electron chi connectivity index (χ4n) is 7.86. The lowest BCUT2D eigenvalue weighted by Gasteiger charge is -2.55. The molecule has 1 N–H and O–H groups in total. The number of benzene rings is 1. The van der Waals surface area contributed by atoms with Crippen molar-refractivity contribution in [3.63, 3.8) is 0 Å². The molecule has 4 aliphatic rings. The van der Waals surface area contributed by atoms with Crippen molar-refractivity contribution >= 4 is 11.5 Å². The number of ketones is 1. The second kappa shape index (κ2) is 8.17. The van der Waals surface area contributed by atoms with Crippen LogP contribution in [0.3, 0.4) is 0 Å². The zero-order valence-corrected chi connectivity index (χ0v) is 20.6. The van der Waals surface area contributed by atoms with E-state index in [4.69, 9.17) is 0 Å². The first kappa shape index (κ1) is 22.5. The van der Waals surface area contributed by atoms with E-state index < -0.39 is 5.60 Å². The average molecular weight is 444 g/mol. The second-order valence-electron chi connectivity index (χ2n) is 10.8. The molecule has 5 rings (SSSR count). The standard InChI is InChI=1S/C30H37NO2/c1-5-16-30(33)17-15-27-25-13-9-21-18-23(32)12-14-24(21)28(25)26(19-29(27,30)6-2)20-7-10-22(11-8-20)31(3)4/h7-8,10-11,18,25-27,33H,6,9,12-15,17,19H2,1-4H3/t25?,26-,27?,29+,30+/m1/s1. The van der Waals surface area contributed by atoms with E-state index in [2.05, 4.69) is 62.0 Å². The van der Waals surface area contributed by atoms with E-state index in [1.54, 1.807) is 5.57 Å². The molecular formula is C30H37NO2. The maximum Gasteiger partial charge on any atom is 0.156 e. The summed E-state index contributed by atoms with van der Waals surface area (Å²) in [4.78, 5) is 14.4. The Balaban J connectivity index is 1.69. The number of aliphatic hydroxyl groups is 1. The quantitative estimate of drug-likeness (QED) is 0.601. The predicted octanol–water partition coefficient (Wildman–Crippen LogP) is 5.80. The second-order valence-corrected chi connectivity index (χ2v) is 10.8. The Bertz CT molecular complexity index is 1080. The highest BCUT2D eigenvalue weighted by atomic mass is 16.3. The molecule has 1 aromatic carbocycles. The molecule has 0 saturated heterocycles. The molecule has 2 fully saturated rings. The van der Waals surface area contributed by atoms with Gasteiger partial charge in [-0.2, -0.15) is 0 Å². The van der Waals surface area contributed by atoms with Gasteiger partial charge < -0.3 is 10.0 Å². The minimum atomic E-state index is -0.905. The summed E-state index contributed by atoms with van der Waals surface area (Å²) in [5.41, 5.74) is 5.80. The molecule has 0 bridgehead atoms. The van der Waals surface area contributed by atoms with Crippen molar-refractivity contribution in [3.05, 3.63) is 52.6 Å². The molecule has 4 aliphatic carbocycles. The fourth-order valence-corrected chi connectivity index (χ4v) is 7.86. The molecule has 0 radical (unpaired) electrons. The van der Waals surface area contributed by atoms with Crippen molar-refractivity contribution in [2.75, 3.05) is 19.0 Å². The lowest BCUT2D eigenvalue weighted by Crippen LogP contribution is -2.52. The summed E-state index contributed by atoms with van der Waals surface area (Å²) in [6, 6.07) is 9.02. The van der Waals surface area contributed by atoms with Gasteiger partial charge in [0.25, 0.3) is 0 Å². The Labute approximate surface area is 199 Å². The smallest absolute Gasteiger partial charge is 0.156 e. The van der Waals surface area contributed by atoms with Crippen molar-refractivity contribution in [2.45, 2.75) is 76.7 Å². The van der Waals surface area contributed by atoms with Crippen molar-refractivity contribution < 1.29 is 9.90 Å². The van der Waals surface area contributed by atoms with Crippen molar-refractivity contribution in [2.24, 2.45) is 17.3 Å². The first-order valence-corrected chi connectivity index (χ1v) is 12.7. The highest BCUT2D eigenvalue weighted by Gasteiger charge is 2.64. The van der Waals surface area contributed by atoms with E-state index in [1.165, 1.54) is 22.4 Å². The first-order chi connectivity index (χ1) is 15.8. The molecule has 174 valence electrons. The number of anilines is 1. The van der Waals surface area contributed by atoms with Gasteiger partial charge >= 0.3 is 0 Å². The summed E-state index contributed by atoms with van der Waals surface area (Å²) in [6.07, 6.45) is 9.26. The average Bonchev–Trinajstić information content (AvgIpc) is 3.10. The number of hydrogen-bond donors (Lipinski definition) is 1. The Morgan fingerprint density at radius 3 is 2.55 bits per heavy atom. The number of fused-ring (bicyclic) bond motifs is 4. The summed E-state index contributed by atoms with van der Waals surface area (Å²) in [5.74, 6) is 7.87. The maximum absolute atomic E-state index is 12.2. The highest BCUT2D eigenvalue weighted by molar-refractivity contribution is 5.93. The van der Waals surface area contributed by atoms with Gasteiger partial charge in [-0.1, -0.05) is 30.6 Å². The third kappa shape index (κ3) is 3.33. The minimum absolute atomic E-state index is 0.179. The van der Waals surface area contributed by atoms with Crippen LogP contribution in [0.2, 0.25) is 0 Å². The van der Waals surface area contributed by atoms with Gasteiger partial charge in [-0.05, 0) is 98.6 Å². The van der Waals surface area contributed by atoms with Gasteiger partial charge in [-0.15, -0.1) is 5.92 Å². The van der Waals surface area contributed by atoms with Crippen LogP contribution in [0.15, 0.2) is 47.1 Å². The van der Waals surface area contributed by atoms with Gasteiger partial charge in [0.15, 0.2) is 5.78 Å². The van der Waals surface area contributed by atoms with Crippen molar-refractivity contribution in [3.8, 4) is 11.8 Å². The number of hydrogen-bond acceptors (Lipinski definition) is 3. The van der Waals surface area contributed by atoms with E-state index in [1.807, 2.05) is 13.0 Å². The number of rotatable bonds is 3. The van der Waals surface area contributed by atoms with Crippen LogP contribution >= 0.6 is 0 Å². The first-order valence-electron chi connectivity index (χ1n) is 12.7. The molecule has 0 aromatic heterocycles. The Kier molecular flexibility index (Phi) is 5.57. The maximum atomic E-state index is 12.2. The molecule has 3 nitrogen and oxygen atoms in total. The molecule has 0 amide bonds. The lowest BCUT2D eigenvalue weighted by molar-refractivity contribution is -0.114. The number of carbonyl (C=O) groups excluding carboxylic acids is 1. The molecule has 0 heterocycles. The van der Waals surface area contributed by atoms with Crippen LogP contribution in [0.4, 0.5) is 5.69 Å². The zero-order valence-electron chi connectivity index (χ0n) is 20.6. The summed E-state index contributed by atoms with van der Waals surface area (Å²) in [5, 5.41) is 11.9. The van der Waals surface area contributed by atoms with Gasteiger partial charge in [-0.3, -0.25) is 4.79 Å². The van der Waals surface area contributed by atoms with E-state index in [-0.39, 0.29) is 17.1 Å². The monoisotopic (exact) mass is 443 g/mol. The molecule has 1 aromatic rings. The number of nitrogens with zero attached hydrogens (tertiary/aromatic N) is 1. The predicted molar refractivity (Wildman–Crippen MR) is 134 cm³/mol. The lowest BCUT2D eigenvalue weighted by atomic mass is 9.50. The van der Waals surface area contributed by atoms with Gasteiger partial charge in [0.1, 0.15) is 5.60 Å². The summed E-state index contributed by atoms with van der Waals surface area (Å²) in [6.45, 7) is 4.12. The third-order valence-corrected chi connectivity index (χ3v) is 9.37. The number of carbonyl (C=O) groups is 1. The minimum Gasteiger partial charge on any atom is -0.378 e. The van der Waals surface area contributed by atoms with Crippen LogP contribution in [-0.2, 0) is 4.79 Å². The summed E-state index contributed by atoms with van der Waals surface area (Å²) < 4.78 is 0. The Hall–Kier alpha value is -2.31. The van der Waals surface area contributed by atoms with Gasteiger partial charge in [0.2, 0.25) is 0 Å². The molecular weight excluding hydrogens is 406 g/mol. The van der Waals surface area contributed by atoms with E-state index >= 15 is 0 Å². The largest absolute Gasteiger partial charge is 0.378 e. The summed E-state index contributed by atoms with van der Waals surface area (Å²) in [7, 11) is 4.15. The summed E-state index contributed by atoms with van der Waals surface area (Å²) >= 11 is 0. The van der Waals surface area contributed by atoms with Crippen LogP contribution < -0.4 is 4.90 Å². The highest BCUT2D eigenvalue weighted by Crippen LogP contribution is 2.68. The molecule has 33 heavy (non-hydrogen) atoms. The van der Waals surface area contributed by atoms with E-state index in [0.29, 0.717) is 18.3 Å². The Morgan fingerprint density at radius 1 is 1.12 bits per heavy atom. The molecule has 3 heteroatoms. The zero-order chi connectivity index (χ0) is 23.4. The fraction of sp³-hybridized carbons (Fsp3) is 0.567. The topological polar surface area (TPSA) is 40.5 Å². The van der Waals surface area contributed by atoms with Crippen LogP contribution in [0.1, 0.15) is 76.7 Å². The van der Waals surface area contributed by atoms with Gasteiger partial charge in [-0.25, -0.2) is 0 Å².